The maximum atomic E-state index is 12.4. The van der Waals surface area contributed by atoms with Gasteiger partial charge in [-0.15, -0.1) is 24.0 Å². The van der Waals surface area contributed by atoms with Crippen LogP contribution in [0, 0.1) is 0 Å². The summed E-state index contributed by atoms with van der Waals surface area (Å²) < 4.78 is 29.4. The van der Waals surface area contributed by atoms with Crippen LogP contribution in [0.3, 0.4) is 0 Å². The van der Waals surface area contributed by atoms with Crippen LogP contribution in [0.25, 0.3) is 0 Å². The van der Waals surface area contributed by atoms with E-state index in [1.165, 1.54) is 32.0 Å². The smallest absolute Gasteiger partial charge is 0.387 e. The summed E-state index contributed by atoms with van der Waals surface area (Å²) in [5.41, 5.74) is 0.666. The number of benzene rings is 1. The molecule has 2 N–H and O–H groups in total. The van der Waals surface area contributed by atoms with Gasteiger partial charge in [-0.25, -0.2) is 0 Å². The van der Waals surface area contributed by atoms with Gasteiger partial charge in [-0.1, -0.05) is 18.2 Å². The minimum absolute atomic E-state index is 0. The van der Waals surface area contributed by atoms with E-state index in [0.29, 0.717) is 18.1 Å². The van der Waals surface area contributed by atoms with Crippen LogP contribution in [0.2, 0.25) is 0 Å². The minimum Gasteiger partial charge on any atom is -0.434 e. The molecular weight excluding hydrogens is 453 g/mol. The van der Waals surface area contributed by atoms with Crippen molar-refractivity contribution in [2.24, 2.45) is 4.99 Å². The molecule has 1 aliphatic rings. The van der Waals surface area contributed by atoms with Gasteiger partial charge in [0.15, 0.2) is 5.96 Å². The first-order chi connectivity index (χ1) is 12.2. The number of rotatable bonds is 9. The predicted molar refractivity (Wildman–Crippen MR) is 112 cm³/mol. The molecule has 1 saturated heterocycles. The molecule has 1 aromatic carbocycles. The molecule has 8 heteroatoms. The molecule has 1 heterocycles. The molecule has 1 aromatic rings. The highest BCUT2D eigenvalue weighted by Gasteiger charge is 2.11. The van der Waals surface area contributed by atoms with E-state index in [1.807, 2.05) is 0 Å². The van der Waals surface area contributed by atoms with E-state index in [0.717, 1.165) is 25.9 Å². The number of ether oxygens (including phenoxy) is 1. The highest BCUT2D eigenvalue weighted by atomic mass is 127. The Morgan fingerprint density at radius 2 is 1.92 bits per heavy atom. The maximum Gasteiger partial charge on any atom is 0.387 e. The largest absolute Gasteiger partial charge is 0.434 e. The van der Waals surface area contributed by atoms with Gasteiger partial charge in [-0.3, -0.25) is 4.99 Å². The number of para-hydroxylation sites is 1. The third kappa shape index (κ3) is 8.48. The van der Waals surface area contributed by atoms with Crippen LogP contribution >= 0.6 is 24.0 Å². The number of halogens is 3. The van der Waals surface area contributed by atoms with Gasteiger partial charge < -0.3 is 20.3 Å². The summed E-state index contributed by atoms with van der Waals surface area (Å²) in [5.74, 6) is 0.846. The Labute approximate surface area is 171 Å². The average Bonchev–Trinajstić information content (AvgIpc) is 3.11. The number of nitrogens with zero attached hydrogens (tertiary/aromatic N) is 2. The second-order valence-corrected chi connectivity index (χ2v) is 6.09. The molecule has 0 bridgehead atoms. The van der Waals surface area contributed by atoms with Crippen LogP contribution in [0.4, 0.5) is 8.78 Å². The lowest BCUT2D eigenvalue weighted by Gasteiger charge is -2.16. The van der Waals surface area contributed by atoms with Crippen molar-refractivity contribution < 1.29 is 13.5 Å². The Hall–Kier alpha value is -1.16. The molecule has 0 aliphatic carbocycles. The fourth-order valence-electron chi connectivity index (χ4n) is 2.93. The number of unbranched alkanes of at least 4 members (excludes halogenated alkanes) is 1. The Morgan fingerprint density at radius 1 is 1.19 bits per heavy atom. The Balaban J connectivity index is 0.00000338. The van der Waals surface area contributed by atoms with Crippen molar-refractivity contribution in [2.75, 3.05) is 33.2 Å². The zero-order chi connectivity index (χ0) is 17.9. The topological polar surface area (TPSA) is 48.9 Å². The number of likely N-dealkylation sites (tertiary alicyclic amines) is 1. The summed E-state index contributed by atoms with van der Waals surface area (Å²) in [6, 6.07) is 6.77. The van der Waals surface area contributed by atoms with E-state index in [1.54, 1.807) is 25.2 Å². The molecule has 148 valence electrons. The van der Waals surface area contributed by atoms with Gasteiger partial charge in [0.2, 0.25) is 0 Å². The number of nitrogens with one attached hydrogen (secondary N) is 2. The van der Waals surface area contributed by atoms with Crippen molar-refractivity contribution in [2.45, 2.75) is 38.8 Å². The van der Waals surface area contributed by atoms with Crippen LogP contribution in [0.1, 0.15) is 31.2 Å². The number of guanidine groups is 1. The second-order valence-electron chi connectivity index (χ2n) is 6.09. The SMILES string of the molecule is CN=C(NCCCCN1CCCC1)NCc1ccccc1OC(F)F.I. The highest BCUT2D eigenvalue weighted by molar-refractivity contribution is 14.0. The molecule has 5 nitrogen and oxygen atoms in total. The van der Waals surface area contributed by atoms with Gasteiger partial charge in [-0.05, 0) is 51.4 Å². The van der Waals surface area contributed by atoms with Crippen LogP contribution < -0.4 is 15.4 Å². The third-order valence-corrected chi connectivity index (χ3v) is 4.25. The molecule has 0 radical (unpaired) electrons. The lowest BCUT2D eigenvalue weighted by atomic mass is 10.2. The Morgan fingerprint density at radius 3 is 2.62 bits per heavy atom. The summed E-state index contributed by atoms with van der Waals surface area (Å²) >= 11 is 0. The maximum absolute atomic E-state index is 12.4. The van der Waals surface area contributed by atoms with Crippen molar-refractivity contribution >= 4 is 29.9 Å². The van der Waals surface area contributed by atoms with Gasteiger partial charge in [0.05, 0.1) is 0 Å². The van der Waals surface area contributed by atoms with Crippen molar-refractivity contribution in [1.29, 1.82) is 0 Å². The first-order valence-corrected chi connectivity index (χ1v) is 8.88. The predicted octanol–water partition coefficient (Wildman–Crippen LogP) is 3.45. The lowest BCUT2D eigenvalue weighted by Crippen LogP contribution is -2.37. The summed E-state index contributed by atoms with van der Waals surface area (Å²) in [7, 11) is 1.70. The standard InChI is InChI=1S/C18H28F2N4O.HI/c1-21-18(22-10-4-5-11-24-12-6-7-13-24)23-14-15-8-2-3-9-16(15)25-17(19)20;/h2-3,8-9,17H,4-7,10-14H2,1H3,(H2,21,22,23);1H. The van der Waals surface area contributed by atoms with Gasteiger partial charge in [0.25, 0.3) is 0 Å². The molecule has 0 unspecified atom stereocenters. The minimum atomic E-state index is -2.82. The van der Waals surface area contributed by atoms with E-state index in [-0.39, 0.29) is 29.7 Å². The first kappa shape index (κ1) is 22.9. The van der Waals surface area contributed by atoms with Crippen LogP contribution in [0.5, 0.6) is 5.75 Å². The van der Waals surface area contributed by atoms with Crippen molar-refractivity contribution in [3.05, 3.63) is 29.8 Å². The molecule has 0 aromatic heterocycles. The van der Waals surface area contributed by atoms with E-state index in [2.05, 4.69) is 25.3 Å². The van der Waals surface area contributed by atoms with Crippen LogP contribution in [-0.2, 0) is 6.54 Å². The third-order valence-electron chi connectivity index (χ3n) is 4.25. The van der Waals surface area contributed by atoms with Gasteiger partial charge in [0, 0.05) is 25.7 Å². The van der Waals surface area contributed by atoms with Gasteiger partial charge in [0.1, 0.15) is 5.75 Å². The number of aliphatic imine (C=N–C) groups is 1. The fourth-order valence-corrected chi connectivity index (χ4v) is 2.93. The monoisotopic (exact) mass is 482 g/mol. The molecule has 0 amide bonds. The molecule has 1 fully saturated rings. The van der Waals surface area contributed by atoms with E-state index < -0.39 is 6.61 Å². The normalized spacial score (nSPS) is 15.0. The Kier molecular flexibility index (Phi) is 11.5. The fraction of sp³-hybridized carbons (Fsp3) is 0.611. The summed E-state index contributed by atoms with van der Waals surface area (Å²) in [4.78, 5) is 6.67. The summed E-state index contributed by atoms with van der Waals surface area (Å²) in [5, 5.41) is 6.39. The Bertz CT molecular complexity index is 540. The van der Waals surface area contributed by atoms with Gasteiger partial charge >= 0.3 is 6.61 Å². The molecule has 0 atom stereocenters. The molecule has 0 saturated carbocycles. The van der Waals surface area contributed by atoms with Crippen molar-refractivity contribution in [3.8, 4) is 5.75 Å². The molecule has 26 heavy (non-hydrogen) atoms. The van der Waals surface area contributed by atoms with E-state index >= 15 is 0 Å². The first-order valence-electron chi connectivity index (χ1n) is 8.88. The van der Waals surface area contributed by atoms with Gasteiger partial charge in [-0.2, -0.15) is 8.78 Å². The van der Waals surface area contributed by atoms with Crippen molar-refractivity contribution in [3.63, 3.8) is 0 Å². The van der Waals surface area contributed by atoms with E-state index in [4.69, 9.17) is 0 Å². The highest BCUT2D eigenvalue weighted by Crippen LogP contribution is 2.19. The zero-order valence-electron chi connectivity index (χ0n) is 15.2. The summed E-state index contributed by atoms with van der Waals surface area (Å²) in [6.07, 6.45) is 4.88. The number of hydrogen-bond acceptors (Lipinski definition) is 3. The molecular formula is C18H29F2IN4O. The van der Waals surface area contributed by atoms with Crippen LogP contribution in [0.15, 0.2) is 29.3 Å². The molecule has 0 spiro atoms. The second kappa shape index (κ2) is 13.1. The van der Waals surface area contributed by atoms with E-state index in [9.17, 15) is 8.78 Å². The molecule has 2 rings (SSSR count). The lowest BCUT2D eigenvalue weighted by molar-refractivity contribution is -0.0504. The number of hydrogen-bond donors (Lipinski definition) is 2. The zero-order valence-corrected chi connectivity index (χ0v) is 17.5. The van der Waals surface area contributed by atoms with Crippen LogP contribution in [-0.4, -0.2) is 50.7 Å². The number of alkyl halides is 2. The summed E-state index contributed by atoms with van der Waals surface area (Å²) in [6.45, 7) is 2.01. The van der Waals surface area contributed by atoms with Crippen molar-refractivity contribution in [1.82, 2.24) is 15.5 Å². The molecule has 1 aliphatic heterocycles. The quantitative estimate of drug-likeness (QED) is 0.245. The average molecular weight is 482 g/mol.